The van der Waals surface area contributed by atoms with E-state index in [-0.39, 0.29) is 40.1 Å². The van der Waals surface area contributed by atoms with Gasteiger partial charge in [0.2, 0.25) is 0 Å². The molecule has 0 radical (unpaired) electrons. The van der Waals surface area contributed by atoms with E-state index >= 15 is 0 Å². The van der Waals surface area contributed by atoms with Crippen LogP contribution in [-0.4, -0.2) is 24.5 Å². The molecule has 1 saturated carbocycles. The minimum absolute atomic E-state index is 0. The first-order valence-electron chi connectivity index (χ1n) is 8.32. The quantitative estimate of drug-likeness (QED) is 0.606. The molecule has 2 atom stereocenters. The molecule has 0 aliphatic heterocycles. The molecule has 1 fully saturated rings. The molecule has 0 saturated heterocycles. The molecular weight excluding hydrogens is 359 g/mol. The second-order valence-electron chi connectivity index (χ2n) is 6.05. The summed E-state index contributed by atoms with van der Waals surface area (Å²) in [5, 5.41) is 23.5. The van der Waals surface area contributed by atoms with E-state index in [2.05, 4.69) is 9.98 Å². The van der Waals surface area contributed by atoms with Crippen molar-refractivity contribution in [2.75, 3.05) is 0 Å². The molecular formula is C20H20N2NiO2. The van der Waals surface area contributed by atoms with Gasteiger partial charge < -0.3 is 10.2 Å². The van der Waals surface area contributed by atoms with E-state index < -0.39 is 0 Å². The summed E-state index contributed by atoms with van der Waals surface area (Å²) in [5.41, 5.74) is 1.21. The van der Waals surface area contributed by atoms with Crippen LogP contribution in [0.15, 0.2) is 58.5 Å². The van der Waals surface area contributed by atoms with E-state index in [1.807, 2.05) is 12.1 Å². The average molecular weight is 379 g/mol. The van der Waals surface area contributed by atoms with Crippen LogP contribution in [0.4, 0.5) is 0 Å². The van der Waals surface area contributed by atoms with Crippen LogP contribution < -0.4 is 10.2 Å². The number of benzene rings is 2. The Morgan fingerprint density at radius 2 is 1.12 bits per heavy atom. The van der Waals surface area contributed by atoms with E-state index in [1.54, 1.807) is 48.8 Å². The Labute approximate surface area is 158 Å². The fourth-order valence-corrected chi connectivity index (χ4v) is 2.97. The predicted octanol–water partition coefficient (Wildman–Crippen LogP) is 2.68. The number of aliphatic imine (C=N–C) groups is 2. The number of rotatable bonds is 4. The van der Waals surface area contributed by atoms with Gasteiger partial charge in [0.05, 0.1) is 12.1 Å². The molecule has 1 aliphatic rings. The standard InChI is InChI=1S/C20H22N2O2.Ni/c23-19-11-5-1-7-15(19)13-21-17-9-3-4-10-18(17)22-14-16-8-2-6-12-20(16)24;/h1-2,5-8,11-14,17-18,23-24H,3-4,9-10H2;/q;+2/p-2/t17-,18-;/m0./s1. The first kappa shape index (κ1) is 19.2. The van der Waals surface area contributed by atoms with Gasteiger partial charge in [-0.2, -0.15) is 0 Å². The zero-order valence-corrected chi connectivity index (χ0v) is 14.8. The number of nitrogens with zero attached hydrogens (tertiary/aromatic N) is 2. The zero-order chi connectivity index (χ0) is 16.8. The van der Waals surface area contributed by atoms with E-state index in [4.69, 9.17) is 0 Å². The van der Waals surface area contributed by atoms with Gasteiger partial charge in [0, 0.05) is 12.4 Å². The summed E-state index contributed by atoms with van der Waals surface area (Å²) >= 11 is 0. The van der Waals surface area contributed by atoms with Crippen molar-refractivity contribution in [1.29, 1.82) is 0 Å². The molecule has 0 heterocycles. The summed E-state index contributed by atoms with van der Waals surface area (Å²) in [7, 11) is 0. The zero-order valence-electron chi connectivity index (χ0n) is 13.8. The number of hydrogen-bond acceptors (Lipinski definition) is 4. The first-order chi connectivity index (χ1) is 11.7. The third-order valence-electron chi connectivity index (χ3n) is 4.34. The van der Waals surface area contributed by atoms with Crippen LogP contribution in [0.5, 0.6) is 11.5 Å². The Kier molecular flexibility index (Phi) is 7.21. The van der Waals surface area contributed by atoms with Crippen molar-refractivity contribution in [3.8, 4) is 11.5 Å². The van der Waals surface area contributed by atoms with Crippen LogP contribution in [0.2, 0.25) is 0 Å². The first-order valence-corrected chi connectivity index (χ1v) is 8.32. The maximum Gasteiger partial charge on any atom is 2.00 e. The fourth-order valence-electron chi connectivity index (χ4n) is 2.97. The number of para-hydroxylation sites is 2. The monoisotopic (exact) mass is 378 g/mol. The summed E-state index contributed by atoms with van der Waals surface area (Å²) in [6, 6.07) is 13.9. The molecule has 4 nitrogen and oxygen atoms in total. The van der Waals surface area contributed by atoms with Crippen LogP contribution >= 0.6 is 0 Å². The van der Waals surface area contributed by atoms with Gasteiger partial charge >= 0.3 is 16.5 Å². The molecule has 5 heteroatoms. The SMILES string of the molecule is [Ni+2].[O-]c1ccccc1C=N[C@H]1CCCC[C@@H]1N=Cc1ccccc1[O-]. The Hall–Kier alpha value is -2.13. The second-order valence-corrected chi connectivity index (χ2v) is 6.05. The molecule has 2 aromatic rings. The summed E-state index contributed by atoms with van der Waals surface area (Å²) in [4.78, 5) is 9.23. The van der Waals surface area contributed by atoms with Crippen LogP contribution in [0.25, 0.3) is 0 Å². The maximum atomic E-state index is 11.8. The molecule has 3 rings (SSSR count). The van der Waals surface area contributed by atoms with Crippen molar-refractivity contribution < 1.29 is 26.7 Å². The molecule has 0 amide bonds. The van der Waals surface area contributed by atoms with Crippen molar-refractivity contribution in [1.82, 2.24) is 0 Å². The van der Waals surface area contributed by atoms with Crippen molar-refractivity contribution in [3.05, 3.63) is 59.7 Å². The Morgan fingerprint density at radius 3 is 1.52 bits per heavy atom. The van der Waals surface area contributed by atoms with E-state index in [1.165, 1.54) is 0 Å². The molecule has 0 N–H and O–H groups in total. The summed E-state index contributed by atoms with van der Waals surface area (Å²) in [5.74, 6) is -0.0326. The van der Waals surface area contributed by atoms with Crippen molar-refractivity contribution in [2.24, 2.45) is 9.98 Å². The molecule has 0 spiro atoms. The maximum absolute atomic E-state index is 11.8. The summed E-state index contributed by atoms with van der Waals surface area (Å²) in [6.07, 6.45) is 7.48. The molecule has 0 unspecified atom stereocenters. The van der Waals surface area contributed by atoms with E-state index in [9.17, 15) is 10.2 Å². The predicted molar refractivity (Wildman–Crippen MR) is 93.0 cm³/mol. The summed E-state index contributed by atoms with van der Waals surface area (Å²) < 4.78 is 0. The Balaban J connectivity index is 0.00000225. The van der Waals surface area contributed by atoms with Crippen LogP contribution in [0.1, 0.15) is 36.8 Å². The largest absolute Gasteiger partial charge is 2.00 e. The smallest absolute Gasteiger partial charge is 0.872 e. The van der Waals surface area contributed by atoms with E-state index in [0.717, 1.165) is 25.7 Å². The van der Waals surface area contributed by atoms with Crippen LogP contribution in [0.3, 0.4) is 0 Å². The van der Waals surface area contributed by atoms with E-state index in [0.29, 0.717) is 11.1 Å². The van der Waals surface area contributed by atoms with Crippen molar-refractivity contribution in [2.45, 2.75) is 37.8 Å². The van der Waals surface area contributed by atoms with Gasteiger partial charge in [0.15, 0.2) is 0 Å². The van der Waals surface area contributed by atoms with Gasteiger partial charge in [0.1, 0.15) is 0 Å². The van der Waals surface area contributed by atoms with Gasteiger partial charge in [-0.1, -0.05) is 61.4 Å². The fraction of sp³-hybridized carbons (Fsp3) is 0.300. The molecule has 0 aromatic heterocycles. The molecule has 2 aromatic carbocycles. The third kappa shape index (κ3) is 5.17. The minimum Gasteiger partial charge on any atom is -0.872 e. The van der Waals surface area contributed by atoms with Gasteiger partial charge in [-0.05, 0) is 24.0 Å². The summed E-state index contributed by atoms with van der Waals surface area (Å²) in [6.45, 7) is 0. The Bertz CT molecular complexity index is 682. The molecule has 1 aliphatic carbocycles. The van der Waals surface area contributed by atoms with Crippen LogP contribution in [0, 0.1) is 0 Å². The van der Waals surface area contributed by atoms with Crippen LogP contribution in [-0.2, 0) is 16.5 Å². The topological polar surface area (TPSA) is 70.8 Å². The normalized spacial score (nSPS) is 20.6. The second kappa shape index (κ2) is 9.38. The van der Waals surface area contributed by atoms with Gasteiger partial charge in [-0.3, -0.25) is 9.98 Å². The van der Waals surface area contributed by atoms with Gasteiger partial charge in [-0.15, -0.1) is 11.5 Å². The van der Waals surface area contributed by atoms with Gasteiger partial charge in [-0.25, -0.2) is 0 Å². The van der Waals surface area contributed by atoms with Gasteiger partial charge in [0.25, 0.3) is 0 Å². The third-order valence-corrected chi connectivity index (χ3v) is 4.34. The average Bonchev–Trinajstić information content (AvgIpc) is 2.61. The Morgan fingerprint density at radius 1 is 0.720 bits per heavy atom. The van der Waals surface area contributed by atoms with Crippen molar-refractivity contribution in [3.63, 3.8) is 0 Å². The molecule has 25 heavy (non-hydrogen) atoms. The number of hydrogen-bond donors (Lipinski definition) is 0. The van der Waals surface area contributed by atoms with Crippen molar-refractivity contribution >= 4 is 12.4 Å². The molecule has 0 bridgehead atoms. The molecule has 132 valence electrons. The minimum atomic E-state index is -0.0163.